The highest BCUT2D eigenvalue weighted by Gasteiger charge is 2.34. The van der Waals surface area contributed by atoms with Crippen molar-refractivity contribution in [3.05, 3.63) is 88.5 Å². The second kappa shape index (κ2) is 7.95. The standard InChI is InChI=1S/C27H18N2O6/c1-33-15-7-5-14(6-8-15)18-13-34-27-23-17(16-3-2-4-19-25(16)29-10-9-28-19)11-22(31)35-21(23)12-20(30)24(27)26(18)32/h2-10,12-13,17,30H,11H2,1H3. The molecule has 1 aliphatic rings. The lowest BCUT2D eigenvalue weighted by Crippen LogP contribution is -2.22. The number of methoxy groups -OCH3 is 1. The average molecular weight is 466 g/mol. The fraction of sp³-hybridized carbons (Fsp3) is 0.111. The van der Waals surface area contributed by atoms with Crippen LogP contribution in [0.25, 0.3) is 33.1 Å². The zero-order chi connectivity index (χ0) is 24.1. The maximum absolute atomic E-state index is 13.5. The molecule has 0 amide bonds. The van der Waals surface area contributed by atoms with Gasteiger partial charge < -0.3 is 19.0 Å². The molecule has 0 fully saturated rings. The minimum Gasteiger partial charge on any atom is -0.507 e. The van der Waals surface area contributed by atoms with E-state index in [1.807, 2.05) is 18.2 Å². The third-order valence-electron chi connectivity index (χ3n) is 6.28. The van der Waals surface area contributed by atoms with Gasteiger partial charge in [-0.15, -0.1) is 0 Å². The van der Waals surface area contributed by atoms with Crippen molar-refractivity contribution < 1.29 is 23.8 Å². The van der Waals surface area contributed by atoms with Crippen LogP contribution in [0.1, 0.15) is 23.5 Å². The predicted octanol–water partition coefficient (Wildman–Crippen LogP) is 4.56. The number of aromatic hydroxyl groups is 1. The summed E-state index contributed by atoms with van der Waals surface area (Å²) in [5.74, 6) is -0.491. The molecule has 172 valence electrons. The first-order valence-corrected chi connectivity index (χ1v) is 10.9. The van der Waals surface area contributed by atoms with Crippen LogP contribution in [0.5, 0.6) is 17.2 Å². The van der Waals surface area contributed by atoms with Crippen molar-refractivity contribution in [2.24, 2.45) is 0 Å². The summed E-state index contributed by atoms with van der Waals surface area (Å²) in [6.45, 7) is 0. The van der Waals surface area contributed by atoms with Gasteiger partial charge in [0.2, 0.25) is 5.43 Å². The van der Waals surface area contributed by atoms with Gasteiger partial charge in [0.1, 0.15) is 34.5 Å². The second-order valence-electron chi connectivity index (χ2n) is 8.22. The van der Waals surface area contributed by atoms with Crippen molar-refractivity contribution in [2.75, 3.05) is 7.11 Å². The number of aromatic nitrogens is 2. The van der Waals surface area contributed by atoms with E-state index in [2.05, 4.69) is 9.97 Å². The number of rotatable bonds is 3. The number of phenols is 1. The first-order chi connectivity index (χ1) is 17.0. The van der Waals surface area contributed by atoms with Gasteiger partial charge in [0.15, 0.2) is 0 Å². The summed E-state index contributed by atoms with van der Waals surface area (Å²) < 4.78 is 16.6. The summed E-state index contributed by atoms with van der Waals surface area (Å²) >= 11 is 0. The molecule has 6 rings (SSSR count). The number of carbonyl (C=O) groups is 1. The van der Waals surface area contributed by atoms with E-state index >= 15 is 0 Å². The maximum atomic E-state index is 13.5. The van der Waals surface area contributed by atoms with Crippen LogP contribution < -0.4 is 14.9 Å². The van der Waals surface area contributed by atoms with Crippen LogP contribution in [0.4, 0.5) is 0 Å². The minimum atomic E-state index is -0.510. The van der Waals surface area contributed by atoms with Gasteiger partial charge >= 0.3 is 5.97 Å². The largest absolute Gasteiger partial charge is 0.507 e. The first-order valence-electron chi connectivity index (χ1n) is 10.9. The van der Waals surface area contributed by atoms with E-state index in [9.17, 15) is 14.7 Å². The van der Waals surface area contributed by atoms with Crippen LogP contribution in [0.2, 0.25) is 0 Å². The molecule has 3 heterocycles. The zero-order valence-corrected chi connectivity index (χ0v) is 18.5. The lowest BCUT2D eigenvalue weighted by Gasteiger charge is -2.26. The van der Waals surface area contributed by atoms with Gasteiger partial charge in [0.25, 0.3) is 0 Å². The summed E-state index contributed by atoms with van der Waals surface area (Å²) in [6.07, 6.45) is 4.57. The Morgan fingerprint density at radius 3 is 2.66 bits per heavy atom. The van der Waals surface area contributed by atoms with E-state index in [4.69, 9.17) is 13.9 Å². The highest BCUT2D eigenvalue weighted by molar-refractivity contribution is 5.95. The van der Waals surface area contributed by atoms with Crippen molar-refractivity contribution in [2.45, 2.75) is 12.3 Å². The third-order valence-corrected chi connectivity index (χ3v) is 6.28. The fourth-order valence-corrected chi connectivity index (χ4v) is 4.66. The number of esters is 1. The Balaban J connectivity index is 1.61. The van der Waals surface area contributed by atoms with Crippen LogP contribution >= 0.6 is 0 Å². The highest BCUT2D eigenvalue weighted by Crippen LogP contribution is 2.46. The van der Waals surface area contributed by atoms with Crippen LogP contribution in [-0.2, 0) is 4.79 Å². The first kappa shape index (κ1) is 20.9. The molecule has 1 N–H and O–H groups in total. The number of benzene rings is 3. The van der Waals surface area contributed by atoms with Gasteiger partial charge in [0.05, 0.1) is 30.1 Å². The molecule has 0 bridgehead atoms. The van der Waals surface area contributed by atoms with E-state index in [-0.39, 0.29) is 34.5 Å². The Morgan fingerprint density at radius 2 is 1.86 bits per heavy atom. The van der Waals surface area contributed by atoms with Crippen molar-refractivity contribution in [1.82, 2.24) is 9.97 Å². The van der Waals surface area contributed by atoms with Gasteiger partial charge in [-0.2, -0.15) is 0 Å². The molecule has 0 aliphatic carbocycles. The number of hydrogen-bond acceptors (Lipinski definition) is 8. The SMILES string of the molecule is COc1ccc(-c2coc3c4c(cc(O)c3c2=O)OC(=O)CC4c2cccc3nccnc23)cc1. The molecule has 0 saturated heterocycles. The lowest BCUT2D eigenvalue weighted by molar-refractivity contribution is -0.135. The minimum absolute atomic E-state index is 0.0198. The Morgan fingerprint density at radius 1 is 1.06 bits per heavy atom. The van der Waals surface area contributed by atoms with Gasteiger partial charge in [-0.05, 0) is 29.3 Å². The van der Waals surface area contributed by atoms with Crippen molar-refractivity contribution in [3.63, 3.8) is 0 Å². The van der Waals surface area contributed by atoms with E-state index in [1.165, 1.54) is 12.3 Å². The smallest absolute Gasteiger partial charge is 0.312 e. The van der Waals surface area contributed by atoms with Crippen molar-refractivity contribution in [3.8, 4) is 28.4 Å². The molecule has 5 aromatic rings. The summed E-state index contributed by atoms with van der Waals surface area (Å²) in [5, 5.41) is 10.8. The van der Waals surface area contributed by atoms with Crippen LogP contribution in [-0.4, -0.2) is 28.2 Å². The summed E-state index contributed by atoms with van der Waals surface area (Å²) in [4.78, 5) is 34.9. The van der Waals surface area contributed by atoms with Gasteiger partial charge in [-0.3, -0.25) is 19.6 Å². The number of ether oxygens (including phenoxy) is 2. The van der Waals surface area contributed by atoms with E-state index in [0.29, 0.717) is 27.9 Å². The molecule has 2 aromatic heterocycles. The molecule has 1 aliphatic heterocycles. The predicted molar refractivity (Wildman–Crippen MR) is 128 cm³/mol. The van der Waals surface area contributed by atoms with E-state index in [0.717, 1.165) is 5.56 Å². The summed E-state index contributed by atoms with van der Waals surface area (Å²) in [6, 6.07) is 13.8. The van der Waals surface area contributed by atoms with Crippen LogP contribution in [0.3, 0.4) is 0 Å². The number of fused-ring (bicyclic) bond motifs is 4. The summed E-state index contributed by atoms with van der Waals surface area (Å²) in [7, 11) is 1.56. The van der Waals surface area contributed by atoms with Crippen molar-refractivity contribution >= 4 is 28.0 Å². The Kier molecular flexibility index (Phi) is 4.74. The highest BCUT2D eigenvalue weighted by atomic mass is 16.5. The van der Waals surface area contributed by atoms with E-state index in [1.54, 1.807) is 43.8 Å². The van der Waals surface area contributed by atoms with Crippen molar-refractivity contribution in [1.29, 1.82) is 0 Å². The monoisotopic (exact) mass is 466 g/mol. The number of phenolic OH excluding ortho intramolecular Hbond substituents is 1. The van der Waals surface area contributed by atoms with E-state index < -0.39 is 17.3 Å². The molecule has 0 radical (unpaired) electrons. The van der Waals surface area contributed by atoms with Gasteiger partial charge in [-0.25, -0.2) is 0 Å². The normalized spacial score (nSPS) is 15.1. The second-order valence-corrected chi connectivity index (χ2v) is 8.22. The molecular formula is C27H18N2O6. The number of para-hydroxylation sites is 1. The molecule has 35 heavy (non-hydrogen) atoms. The maximum Gasteiger partial charge on any atom is 0.312 e. The molecule has 0 spiro atoms. The number of hydrogen-bond donors (Lipinski definition) is 1. The molecule has 1 atom stereocenters. The topological polar surface area (TPSA) is 112 Å². The van der Waals surface area contributed by atoms with Crippen LogP contribution in [0, 0.1) is 0 Å². The molecule has 1 unspecified atom stereocenters. The zero-order valence-electron chi connectivity index (χ0n) is 18.5. The lowest BCUT2D eigenvalue weighted by atomic mass is 9.84. The molecular weight excluding hydrogens is 448 g/mol. The molecule has 3 aromatic carbocycles. The Hall–Kier alpha value is -4.72. The fourth-order valence-electron chi connectivity index (χ4n) is 4.66. The summed E-state index contributed by atoms with van der Waals surface area (Å²) in [5.41, 5.74) is 3.25. The van der Waals surface area contributed by atoms with Gasteiger partial charge in [0, 0.05) is 29.9 Å². The van der Waals surface area contributed by atoms with Gasteiger partial charge in [-0.1, -0.05) is 24.3 Å². The number of nitrogens with zero attached hydrogens (tertiary/aromatic N) is 2. The molecule has 8 nitrogen and oxygen atoms in total. The third kappa shape index (κ3) is 3.30. The van der Waals surface area contributed by atoms with Crippen LogP contribution in [0.15, 0.2) is 76.4 Å². The molecule has 8 heteroatoms. The average Bonchev–Trinajstić information content (AvgIpc) is 2.88. The Labute approximate surface area is 198 Å². The number of carbonyl (C=O) groups excluding carboxylic acids is 1. The Bertz CT molecular complexity index is 1690. The quantitative estimate of drug-likeness (QED) is 0.304. The molecule has 0 saturated carbocycles.